The molecule has 0 saturated carbocycles. The van der Waals surface area contributed by atoms with Gasteiger partial charge in [0.25, 0.3) is 0 Å². The number of thioether (sulfide) groups is 1. The predicted octanol–water partition coefficient (Wildman–Crippen LogP) is -0.500. The van der Waals surface area contributed by atoms with Crippen LogP contribution in [-0.2, 0) is 30.4 Å². The minimum absolute atomic E-state index is 0.0743. The predicted molar refractivity (Wildman–Crippen MR) is 128 cm³/mol. The quantitative estimate of drug-likeness (QED) is 0.110. The van der Waals surface area contributed by atoms with Crippen molar-refractivity contribution in [3.8, 4) is 5.40 Å². The minimum Gasteiger partial charge on any atom is -0.480 e. The van der Waals surface area contributed by atoms with Crippen LogP contribution in [0.15, 0.2) is 29.2 Å². The summed E-state index contributed by atoms with van der Waals surface area (Å²) in [6.07, 6.45) is 0.141. The number of hydrogen-bond donors (Lipinski definition) is 5. The van der Waals surface area contributed by atoms with Gasteiger partial charge in [-0.05, 0) is 35.9 Å². The molecule has 1 atom stereocenters. The third-order valence-electron chi connectivity index (χ3n) is 5.03. The smallest absolute Gasteiger partial charge is 0.317 e. The number of nitrogens with zero attached hydrogens (tertiary/aromatic N) is 4. The van der Waals surface area contributed by atoms with E-state index >= 15 is 0 Å². The molecule has 1 unspecified atom stereocenters. The van der Waals surface area contributed by atoms with Crippen LogP contribution in [0.25, 0.3) is 0 Å². The maximum absolute atomic E-state index is 11.5. The lowest BCUT2D eigenvalue weighted by Gasteiger charge is -2.34. The highest BCUT2D eigenvalue weighted by molar-refractivity contribution is 8.03. The maximum atomic E-state index is 11.5. The van der Waals surface area contributed by atoms with Crippen LogP contribution < -0.4 is 0 Å². The van der Waals surface area contributed by atoms with Gasteiger partial charge in [0.2, 0.25) is 0 Å². The first kappa shape index (κ1) is 31.3. The number of thiocyanates is 1. The van der Waals surface area contributed by atoms with Crippen LogP contribution in [0.2, 0.25) is 0 Å². The number of nitriles is 1. The van der Waals surface area contributed by atoms with Gasteiger partial charge in [0.05, 0.1) is 32.7 Å². The molecular formula is C22H28N4O10S. The fraction of sp³-hybridized carbons (Fsp3) is 0.455. The molecule has 37 heavy (non-hydrogen) atoms. The van der Waals surface area contributed by atoms with Gasteiger partial charge in [-0.1, -0.05) is 12.1 Å². The van der Waals surface area contributed by atoms with Crippen LogP contribution in [0.5, 0.6) is 0 Å². The van der Waals surface area contributed by atoms with E-state index in [1.54, 1.807) is 24.3 Å². The molecule has 0 radical (unpaired) electrons. The molecule has 1 aromatic carbocycles. The molecule has 1 aromatic rings. The summed E-state index contributed by atoms with van der Waals surface area (Å²) in [5, 5.41) is 56.9. The van der Waals surface area contributed by atoms with Crippen LogP contribution in [0.3, 0.4) is 0 Å². The van der Waals surface area contributed by atoms with Crippen LogP contribution in [0, 0.1) is 10.7 Å². The average molecular weight is 541 g/mol. The highest BCUT2D eigenvalue weighted by Crippen LogP contribution is 2.19. The van der Waals surface area contributed by atoms with Gasteiger partial charge in [0.15, 0.2) is 0 Å². The highest BCUT2D eigenvalue weighted by atomic mass is 32.2. The van der Waals surface area contributed by atoms with Gasteiger partial charge >= 0.3 is 29.8 Å². The number of carbonyl (C=O) groups is 5. The molecule has 0 spiro atoms. The van der Waals surface area contributed by atoms with Gasteiger partial charge in [-0.3, -0.25) is 38.7 Å². The van der Waals surface area contributed by atoms with E-state index in [1.165, 1.54) is 9.80 Å². The van der Waals surface area contributed by atoms with Crippen LogP contribution in [0.4, 0.5) is 0 Å². The van der Waals surface area contributed by atoms with Crippen molar-refractivity contribution >= 4 is 41.6 Å². The number of aliphatic carboxylic acids is 5. The molecule has 0 aliphatic carbocycles. The molecule has 0 aliphatic rings. The molecule has 0 amide bonds. The standard InChI is InChI=1S/C22H28N4O10S/c23-14-37-17-3-1-15(2-4-17)7-16(26(12-21(33)34)13-22(35)36)8-24(9-18(27)28)5-6-25(10-19(29)30)11-20(31)32/h1-4,16H,5-13H2,(H,27,28)(H,29,30)(H,31,32)(H,33,34)(H,35,36). The number of benzene rings is 1. The van der Waals surface area contributed by atoms with Crippen LogP contribution in [-0.4, -0.2) is 128 Å². The van der Waals surface area contributed by atoms with Gasteiger partial charge in [-0.15, -0.1) is 0 Å². The summed E-state index contributed by atoms with van der Waals surface area (Å²) in [6, 6.07) is 5.94. The van der Waals surface area contributed by atoms with Crippen molar-refractivity contribution in [3.05, 3.63) is 29.8 Å². The molecule has 0 heterocycles. The number of rotatable bonds is 19. The van der Waals surface area contributed by atoms with Crippen molar-refractivity contribution in [2.45, 2.75) is 17.4 Å². The number of hydrogen-bond acceptors (Lipinski definition) is 10. The highest BCUT2D eigenvalue weighted by Gasteiger charge is 2.27. The largest absolute Gasteiger partial charge is 0.480 e. The Morgan fingerprint density at radius 3 is 1.59 bits per heavy atom. The Hall–Kier alpha value is -3.71. The van der Waals surface area contributed by atoms with E-state index in [1.807, 2.05) is 5.40 Å². The fourth-order valence-corrected chi connectivity index (χ4v) is 3.97. The molecule has 1 rings (SSSR count). The second-order valence-corrected chi connectivity index (χ2v) is 8.87. The van der Waals surface area contributed by atoms with Gasteiger partial charge in [0, 0.05) is 30.6 Å². The summed E-state index contributed by atoms with van der Waals surface area (Å²) in [5.74, 6) is -6.34. The zero-order chi connectivity index (χ0) is 28.0. The second kappa shape index (κ2) is 16.1. The van der Waals surface area contributed by atoms with E-state index in [-0.39, 0.29) is 26.1 Å². The number of carboxylic acids is 5. The minimum atomic E-state index is -1.29. The zero-order valence-corrected chi connectivity index (χ0v) is 20.5. The molecule has 5 N–H and O–H groups in total. The topological polar surface area (TPSA) is 220 Å². The first-order valence-corrected chi connectivity index (χ1v) is 11.6. The summed E-state index contributed by atoms with van der Waals surface area (Å²) < 4.78 is 0. The Balaban J connectivity index is 3.22. The summed E-state index contributed by atoms with van der Waals surface area (Å²) in [6.45, 7) is -3.27. The van der Waals surface area contributed by atoms with E-state index < -0.39 is 68.6 Å². The van der Waals surface area contributed by atoms with Crippen molar-refractivity contribution in [1.29, 1.82) is 5.26 Å². The molecule has 15 heteroatoms. The Kier molecular flexibility index (Phi) is 13.6. The van der Waals surface area contributed by atoms with Gasteiger partial charge in [-0.25, -0.2) is 0 Å². The first-order valence-electron chi connectivity index (χ1n) is 10.8. The Labute approximate surface area is 216 Å². The van der Waals surface area contributed by atoms with Crippen molar-refractivity contribution in [1.82, 2.24) is 14.7 Å². The van der Waals surface area contributed by atoms with E-state index in [2.05, 4.69) is 0 Å². The Bertz CT molecular complexity index is 966. The molecule has 0 saturated heterocycles. The third kappa shape index (κ3) is 13.8. The fourth-order valence-electron chi connectivity index (χ4n) is 3.59. The first-order chi connectivity index (χ1) is 17.4. The van der Waals surface area contributed by atoms with E-state index in [9.17, 15) is 39.3 Å². The molecule has 0 fully saturated rings. The van der Waals surface area contributed by atoms with Crippen molar-refractivity contribution in [2.75, 3.05) is 52.4 Å². The Morgan fingerprint density at radius 1 is 0.730 bits per heavy atom. The molecule has 14 nitrogen and oxygen atoms in total. The molecule has 0 bridgehead atoms. The normalized spacial score (nSPS) is 11.8. The summed E-state index contributed by atoms with van der Waals surface area (Å²) in [5.41, 5.74) is 0.682. The molecule has 202 valence electrons. The number of carboxylic acid groups (broad SMARTS) is 5. The van der Waals surface area contributed by atoms with Gasteiger partial charge in [-0.2, -0.15) is 5.26 Å². The lowest BCUT2D eigenvalue weighted by Crippen LogP contribution is -2.51. The summed E-state index contributed by atoms with van der Waals surface area (Å²) >= 11 is 0.939. The van der Waals surface area contributed by atoms with E-state index in [4.69, 9.17) is 15.5 Å². The lowest BCUT2D eigenvalue weighted by atomic mass is 10.0. The summed E-state index contributed by atoms with van der Waals surface area (Å²) in [7, 11) is 0. The van der Waals surface area contributed by atoms with Crippen molar-refractivity contribution in [2.24, 2.45) is 0 Å². The molecule has 0 aliphatic heterocycles. The van der Waals surface area contributed by atoms with Crippen LogP contribution >= 0.6 is 11.8 Å². The van der Waals surface area contributed by atoms with Crippen molar-refractivity contribution < 1.29 is 49.5 Å². The Morgan fingerprint density at radius 2 is 1.16 bits per heavy atom. The lowest BCUT2D eigenvalue weighted by molar-refractivity contribution is -0.144. The van der Waals surface area contributed by atoms with Gasteiger partial charge < -0.3 is 25.5 Å². The average Bonchev–Trinajstić information content (AvgIpc) is 2.76. The van der Waals surface area contributed by atoms with Crippen molar-refractivity contribution in [3.63, 3.8) is 0 Å². The summed E-state index contributed by atoms with van der Waals surface area (Å²) in [4.78, 5) is 60.9. The van der Waals surface area contributed by atoms with E-state index in [0.29, 0.717) is 10.5 Å². The molecular weight excluding hydrogens is 512 g/mol. The molecule has 0 aromatic heterocycles. The monoisotopic (exact) mass is 540 g/mol. The van der Waals surface area contributed by atoms with Crippen LogP contribution in [0.1, 0.15) is 5.56 Å². The zero-order valence-electron chi connectivity index (χ0n) is 19.7. The maximum Gasteiger partial charge on any atom is 0.317 e. The van der Waals surface area contributed by atoms with Gasteiger partial charge in [0.1, 0.15) is 5.40 Å². The SMILES string of the molecule is N#CSc1ccc(CC(CN(CCN(CC(=O)O)CC(=O)O)CC(=O)O)N(CC(=O)O)CC(=O)O)cc1. The van der Waals surface area contributed by atoms with E-state index in [0.717, 1.165) is 16.7 Å². The second-order valence-electron chi connectivity index (χ2n) is 8.01. The third-order valence-corrected chi connectivity index (χ3v) is 5.63.